The van der Waals surface area contributed by atoms with E-state index in [1.165, 1.54) is 48.7 Å². The fourth-order valence-corrected chi connectivity index (χ4v) is 5.80. The van der Waals surface area contributed by atoms with Crippen LogP contribution in [-0.4, -0.2) is 56.9 Å². The molecule has 11 nitrogen and oxygen atoms in total. The number of carbonyl (C=O) groups excluding carboxylic acids is 3. The summed E-state index contributed by atoms with van der Waals surface area (Å²) in [4.78, 5) is 52.0. The molecule has 1 aliphatic heterocycles. The molecule has 230 valence electrons. The molecule has 3 amide bonds. The van der Waals surface area contributed by atoms with Crippen LogP contribution in [-0.2, 0) is 14.4 Å². The number of nitrogens with one attached hydrogen (secondary N) is 1. The summed E-state index contributed by atoms with van der Waals surface area (Å²) in [7, 11) is 0. The van der Waals surface area contributed by atoms with E-state index in [1.54, 1.807) is 12.1 Å². The van der Waals surface area contributed by atoms with Crippen molar-refractivity contribution in [3.05, 3.63) is 82.6 Å². The molecule has 0 unspecified atom stereocenters. The molecule has 5 rings (SSSR count). The predicted octanol–water partition coefficient (Wildman–Crippen LogP) is 3.81. The SMILES string of the molecule is N#Cc1cccc(N(C(=O)[C@@H]2C[C@H](O)C(=O)N2c2nccc(C#N)n2)[C@H](C(=O)NC2CCC(F)(F)CC2)c2ccccc2Cl)c1. The summed E-state index contributed by atoms with van der Waals surface area (Å²) >= 11 is 6.58. The molecule has 1 aliphatic carbocycles. The molecule has 2 aliphatic rings. The highest BCUT2D eigenvalue weighted by molar-refractivity contribution is 6.31. The smallest absolute Gasteiger partial charge is 0.259 e. The topological polar surface area (TPSA) is 163 Å². The van der Waals surface area contributed by atoms with Crippen LogP contribution in [0.1, 0.15) is 55.0 Å². The summed E-state index contributed by atoms with van der Waals surface area (Å²) in [6.07, 6.45) is -1.62. The molecule has 0 bridgehead atoms. The Kier molecular flexibility index (Phi) is 9.04. The van der Waals surface area contributed by atoms with E-state index in [2.05, 4.69) is 15.3 Å². The molecule has 2 aromatic carbocycles. The van der Waals surface area contributed by atoms with Gasteiger partial charge in [-0.25, -0.2) is 18.7 Å². The Hall–Kier alpha value is -4.98. The summed E-state index contributed by atoms with van der Waals surface area (Å²) in [6, 6.07) is 13.7. The third-order valence-corrected chi connectivity index (χ3v) is 8.14. The highest BCUT2D eigenvalue weighted by Crippen LogP contribution is 2.37. The number of carbonyl (C=O) groups is 3. The Morgan fingerprint density at radius 1 is 1.11 bits per heavy atom. The largest absolute Gasteiger partial charge is 0.383 e. The molecule has 1 aromatic heterocycles. The Bertz CT molecular complexity index is 1720. The summed E-state index contributed by atoms with van der Waals surface area (Å²) in [5, 5.41) is 32.5. The summed E-state index contributed by atoms with van der Waals surface area (Å²) < 4.78 is 27.8. The van der Waals surface area contributed by atoms with Crippen LogP contribution in [0.4, 0.5) is 20.4 Å². The van der Waals surface area contributed by atoms with Crippen LogP contribution in [0.25, 0.3) is 0 Å². The van der Waals surface area contributed by atoms with E-state index >= 15 is 0 Å². The maximum absolute atomic E-state index is 14.7. The van der Waals surface area contributed by atoms with Gasteiger partial charge in [-0.05, 0) is 43.2 Å². The number of nitrogens with zero attached hydrogens (tertiary/aromatic N) is 6. The first-order valence-electron chi connectivity index (χ1n) is 14.0. The molecular weight excluding hydrogens is 608 g/mol. The minimum atomic E-state index is -2.84. The molecule has 1 saturated heterocycles. The van der Waals surface area contributed by atoms with Crippen LogP contribution in [0.2, 0.25) is 5.02 Å². The van der Waals surface area contributed by atoms with Gasteiger partial charge in [-0.3, -0.25) is 24.2 Å². The number of halogens is 3. The Labute approximate surface area is 261 Å². The number of hydrogen-bond acceptors (Lipinski definition) is 8. The monoisotopic (exact) mass is 633 g/mol. The van der Waals surface area contributed by atoms with Crippen LogP contribution in [0, 0.1) is 22.7 Å². The number of alkyl halides is 2. The first-order valence-corrected chi connectivity index (χ1v) is 14.4. The van der Waals surface area contributed by atoms with E-state index in [0.29, 0.717) is 0 Å². The second-order valence-corrected chi connectivity index (χ2v) is 11.2. The second-order valence-electron chi connectivity index (χ2n) is 10.8. The van der Waals surface area contributed by atoms with E-state index in [-0.39, 0.29) is 46.3 Å². The highest BCUT2D eigenvalue weighted by Gasteiger charge is 2.49. The van der Waals surface area contributed by atoms with Gasteiger partial charge in [0.25, 0.3) is 11.8 Å². The van der Waals surface area contributed by atoms with Crippen molar-refractivity contribution in [3.63, 3.8) is 0 Å². The van der Waals surface area contributed by atoms with Crippen molar-refractivity contribution in [1.29, 1.82) is 10.5 Å². The van der Waals surface area contributed by atoms with Crippen molar-refractivity contribution < 1.29 is 28.3 Å². The Balaban J connectivity index is 1.63. The highest BCUT2D eigenvalue weighted by atomic mass is 35.5. The number of aliphatic hydroxyl groups excluding tert-OH is 1. The van der Waals surface area contributed by atoms with Crippen LogP contribution < -0.4 is 15.1 Å². The summed E-state index contributed by atoms with van der Waals surface area (Å²) in [5.41, 5.74) is 0.343. The molecule has 14 heteroatoms. The van der Waals surface area contributed by atoms with E-state index in [9.17, 15) is 38.8 Å². The summed E-state index contributed by atoms with van der Waals surface area (Å²) in [6.45, 7) is 0. The zero-order valence-electron chi connectivity index (χ0n) is 23.6. The lowest BCUT2D eigenvalue weighted by atomic mass is 9.91. The molecule has 2 N–H and O–H groups in total. The van der Waals surface area contributed by atoms with Gasteiger partial charge in [0.1, 0.15) is 30.0 Å². The van der Waals surface area contributed by atoms with Gasteiger partial charge in [0.2, 0.25) is 17.8 Å². The van der Waals surface area contributed by atoms with Crippen molar-refractivity contribution in [2.24, 2.45) is 0 Å². The number of hydrogen-bond donors (Lipinski definition) is 2. The van der Waals surface area contributed by atoms with E-state index < -0.39 is 67.1 Å². The number of anilines is 2. The molecule has 0 radical (unpaired) electrons. The lowest BCUT2D eigenvalue weighted by molar-refractivity contribution is -0.128. The zero-order chi connectivity index (χ0) is 32.3. The number of amides is 3. The fraction of sp³-hybridized carbons (Fsp3) is 0.323. The van der Waals surface area contributed by atoms with Crippen LogP contribution in [0.3, 0.4) is 0 Å². The molecule has 1 saturated carbocycles. The van der Waals surface area contributed by atoms with E-state index in [4.69, 9.17) is 11.6 Å². The molecule has 3 aromatic rings. The number of rotatable bonds is 7. The average Bonchev–Trinajstić information content (AvgIpc) is 3.34. The lowest BCUT2D eigenvalue weighted by Crippen LogP contribution is -2.53. The van der Waals surface area contributed by atoms with Crippen molar-refractivity contribution in [2.75, 3.05) is 9.80 Å². The first kappa shape index (κ1) is 31.4. The number of nitriles is 2. The predicted molar refractivity (Wildman–Crippen MR) is 157 cm³/mol. The molecular formula is C31H26ClF2N7O4. The molecule has 2 fully saturated rings. The van der Waals surface area contributed by atoms with Gasteiger partial charge < -0.3 is 10.4 Å². The van der Waals surface area contributed by atoms with Gasteiger partial charge in [-0.2, -0.15) is 10.5 Å². The van der Waals surface area contributed by atoms with Crippen LogP contribution in [0.5, 0.6) is 0 Å². The molecule has 45 heavy (non-hydrogen) atoms. The van der Waals surface area contributed by atoms with Gasteiger partial charge in [0, 0.05) is 47.8 Å². The molecule has 3 atom stereocenters. The van der Waals surface area contributed by atoms with Gasteiger partial charge in [0.15, 0.2) is 0 Å². The van der Waals surface area contributed by atoms with Gasteiger partial charge in [-0.15, -0.1) is 0 Å². The molecule has 2 heterocycles. The first-order chi connectivity index (χ1) is 21.5. The summed E-state index contributed by atoms with van der Waals surface area (Å²) in [5.74, 6) is -5.62. The van der Waals surface area contributed by atoms with Gasteiger partial charge in [-0.1, -0.05) is 35.9 Å². The zero-order valence-corrected chi connectivity index (χ0v) is 24.4. The normalized spacial score (nSPS) is 20.1. The van der Waals surface area contributed by atoms with E-state index in [0.717, 1.165) is 9.80 Å². The van der Waals surface area contributed by atoms with Crippen molar-refractivity contribution in [2.45, 2.75) is 62.3 Å². The third kappa shape index (κ3) is 6.60. The fourth-order valence-electron chi connectivity index (χ4n) is 5.56. The van der Waals surface area contributed by atoms with Crippen LogP contribution >= 0.6 is 11.6 Å². The van der Waals surface area contributed by atoms with Gasteiger partial charge in [0.05, 0.1) is 11.6 Å². The van der Waals surface area contributed by atoms with E-state index in [1.807, 2.05) is 12.1 Å². The number of aromatic nitrogens is 2. The average molecular weight is 634 g/mol. The van der Waals surface area contributed by atoms with Crippen molar-refractivity contribution >= 4 is 41.0 Å². The lowest BCUT2D eigenvalue weighted by Gasteiger charge is -2.36. The Morgan fingerprint density at radius 2 is 1.84 bits per heavy atom. The number of aliphatic hydroxyl groups is 1. The minimum absolute atomic E-state index is 0.00944. The third-order valence-electron chi connectivity index (χ3n) is 7.80. The van der Waals surface area contributed by atoms with Crippen LogP contribution in [0.15, 0.2) is 60.8 Å². The molecule has 0 spiro atoms. The Morgan fingerprint density at radius 3 is 2.53 bits per heavy atom. The number of benzene rings is 2. The second kappa shape index (κ2) is 12.9. The standard InChI is InChI=1S/C31H26ClF2N7O4/c32-23-7-2-1-6-22(23)26(27(43)38-19-8-11-31(33,34)12-9-19)40(21-5-3-4-18(14-21)16-35)28(44)24-15-25(42)29(45)41(24)30-37-13-10-20(17-36)39-30/h1-7,10,13-14,19,24-26,42H,8-9,11-12,15H2,(H,38,43)/t24-,25-,26-/m0/s1. The van der Waals surface area contributed by atoms with Crippen molar-refractivity contribution in [3.8, 4) is 12.1 Å². The van der Waals surface area contributed by atoms with Gasteiger partial charge >= 0.3 is 0 Å². The quantitative estimate of drug-likeness (QED) is 0.397. The maximum atomic E-state index is 14.7. The maximum Gasteiger partial charge on any atom is 0.259 e. The minimum Gasteiger partial charge on any atom is -0.383 e. The van der Waals surface area contributed by atoms with Crippen molar-refractivity contribution in [1.82, 2.24) is 15.3 Å².